The van der Waals surface area contributed by atoms with E-state index in [0.717, 1.165) is 24.2 Å². The Balaban J connectivity index is 1.74. The second-order valence-corrected chi connectivity index (χ2v) is 5.96. The molecule has 0 aromatic rings. The van der Waals surface area contributed by atoms with Gasteiger partial charge in [-0.2, -0.15) is 0 Å². The Labute approximate surface area is 86.9 Å². The summed E-state index contributed by atoms with van der Waals surface area (Å²) >= 11 is 0. The van der Waals surface area contributed by atoms with Crippen LogP contribution in [0.2, 0.25) is 0 Å². The molecule has 0 spiro atoms. The highest BCUT2D eigenvalue weighted by atomic mass is 16.2. The molecule has 4 aliphatic rings. The van der Waals surface area contributed by atoms with E-state index in [1.54, 1.807) is 0 Å². The predicted molar refractivity (Wildman–Crippen MR) is 56.6 cm³/mol. The van der Waals surface area contributed by atoms with Crippen molar-refractivity contribution in [2.24, 2.45) is 23.2 Å². The van der Waals surface area contributed by atoms with Gasteiger partial charge >= 0.3 is 0 Å². The van der Waals surface area contributed by atoms with Crippen LogP contribution in [0.1, 0.15) is 44.9 Å². The summed E-state index contributed by atoms with van der Waals surface area (Å²) in [4.78, 5) is 0. The number of hydrogen-bond donors (Lipinski definition) is 1. The number of hydrogen-bond acceptors (Lipinski definition) is 1. The summed E-state index contributed by atoms with van der Waals surface area (Å²) in [5.74, 6) is 3.02. The monoisotopic (exact) mass is 193 g/mol. The minimum atomic E-state index is 0.385. The molecule has 2 atom stereocenters. The minimum absolute atomic E-state index is 0.385. The lowest BCUT2D eigenvalue weighted by molar-refractivity contribution is -0.0110. The van der Waals surface area contributed by atoms with Crippen LogP contribution in [0.15, 0.2) is 0 Å². The first-order valence-corrected chi connectivity index (χ1v) is 6.26. The molecule has 1 nitrogen and oxygen atoms in total. The molecule has 14 heavy (non-hydrogen) atoms. The van der Waals surface area contributed by atoms with Crippen LogP contribution in [-0.2, 0) is 0 Å². The number of aliphatic hydroxyl groups is 1. The molecule has 1 N–H and O–H groups in total. The van der Waals surface area contributed by atoms with Crippen LogP contribution in [0.3, 0.4) is 0 Å². The third-order valence-electron chi connectivity index (χ3n) is 4.75. The quantitative estimate of drug-likeness (QED) is 0.730. The van der Waals surface area contributed by atoms with Crippen molar-refractivity contribution in [1.29, 1.82) is 0 Å². The van der Waals surface area contributed by atoms with Gasteiger partial charge in [0.25, 0.3) is 0 Å². The summed E-state index contributed by atoms with van der Waals surface area (Å²) in [5.41, 5.74) is 0.567. The van der Waals surface area contributed by atoms with Crippen molar-refractivity contribution in [1.82, 2.24) is 0 Å². The molecule has 4 fully saturated rings. The Kier molecular flexibility index (Phi) is 2.12. The minimum Gasteiger partial charge on any atom is -0.396 e. The van der Waals surface area contributed by atoms with Crippen molar-refractivity contribution in [3.63, 3.8) is 0 Å². The molecular formula is C13H21O. The van der Waals surface area contributed by atoms with Crippen LogP contribution in [0.4, 0.5) is 0 Å². The lowest BCUT2D eigenvalue weighted by Crippen LogP contribution is -2.46. The smallest absolute Gasteiger partial charge is 0.0431 e. The van der Waals surface area contributed by atoms with E-state index >= 15 is 0 Å². The summed E-state index contributed by atoms with van der Waals surface area (Å²) in [6.07, 6.45) is 12.3. The highest BCUT2D eigenvalue weighted by Crippen LogP contribution is 2.60. The largest absolute Gasteiger partial charge is 0.396 e. The fraction of sp³-hybridized carbons (Fsp3) is 0.923. The summed E-state index contributed by atoms with van der Waals surface area (Å²) in [5, 5.41) is 8.95. The van der Waals surface area contributed by atoms with Gasteiger partial charge in [-0.05, 0) is 74.5 Å². The first kappa shape index (κ1) is 9.21. The van der Waals surface area contributed by atoms with E-state index in [-0.39, 0.29) is 0 Å². The topological polar surface area (TPSA) is 20.2 Å². The lowest BCUT2D eigenvalue weighted by Gasteiger charge is -2.56. The van der Waals surface area contributed by atoms with Crippen LogP contribution in [0.5, 0.6) is 0 Å². The lowest BCUT2D eigenvalue weighted by atomic mass is 9.48. The maximum atomic E-state index is 8.95. The molecule has 0 aliphatic heterocycles. The van der Waals surface area contributed by atoms with Crippen LogP contribution in [-0.4, -0.2) is 11.7 Å². The van der Waals surface area contributed by atoms with E-state index in [9.17, 15) is 0 Å². The zero-order chi connectivity index (χ0) is 9.60. The average Bonchev–Trinajstić information content (AvgIpc) is 2.12. The summed E-state index contributed by atoms with van der Waals surface area (Å²) in [6.45, 7) is 0.385. The molecule has 0 saturated heterocycles. The molecule has 1 radical (unpaired) electrons. The first-order valence-electron chi connectivity index (χ1n) is 6.26. The first-order chi connectivity index (χ1) is 6.80. The van der Waals surface area contributed by atoms with Gasteiger partial charge in [0.2, 0.25) is 0 Å². The molecule has 0 aromatic heterocycles. The van der Waals surface area contributed by atoms with E-state index < -0.39 is 0 Å². The molecule has 79 valence electrons. The Morgan fingerprint density at radius 3 is 2.43 bits per heavy atom. The van der Waals surface area contributed by atoms with E-state index in [1.165, 1.54) is 38.5 Å². The van der Waals surface area contributed by atoms with Gasteiger partial charge in [-0.15, -0.1) is 0 Å². The highest BCUT2D eigenvalue weighted by Gasteiger charge is 2.50. The van der Waals surface area contributed by atoms with Gasteiger partial charge < -0.3 is 5.11 Å². The van der Waals surface area contributed by atoms with E-state index in [1.807, 2.05) is 0 Å². The van der Waals surface area contributed by atoms with Gasteiger partial charge in [-0.25, -0.2) is 0 Å². The van der Waals surface area contributed by atoms with Crippen molar-refractivity contribution in [2.45, 2.75) is 44.9 Å². The molecule has 4 rings (SSSR count). The Hall–Kier alpha value is -0.0400. The van der Waals surface area contributed by atoms with Crippen LogP contribution in [0.25, 0.3) is 0 Å². The van der Waals surface area contributed by atoms with Crippen molar-refractivity contribution < 1.29 is 5.11 Å². The standard InChI is InChI=1S/C13H21O/c14-3-1-2-13-7-10-4-11(8-13)6-12(5-10)9-13/h7,10-12,14H,1-6,8-9H2. The molecule has 2 unspecified atom stereocenters. The summed E-state index contributed by atoms with van der Waals surface area (Å²) in [6, 6.07) is 0. The Morgan fingerprint density at radius 2 is 1.86 bits per heavy atom. The van der Waals surface area contributed by atoms with Gasteiger partial charge in [-0.1, -0.05) is 0 Å². The maximum Gasteiger partial charge on any atom is 0.0431 e. The van der Waals surface area contributed by atoms with Crippen LogP contribution in [0, 0.1) is 29.6 Å². The molecule has 4 bridgehead atoms. The molecule has 1 heteroatoms. The summed E-state index contributed by atoms with van der Waals surface area (Å²) < 4.78 is 0. The van der Waals surface area contributed by atoms with Gasteiger partial charge in [0.1, 0.15) is 0 Å². The SMILES string of the molecule is OCCCC12[CH]C3CC(CC(C3)C1)C2. The highest BCUT2D eigenvalue weighted by molar-refractivity contribution is 5.10. The fourth-order valence-electron chi connectivity index (χ4n) is 4.67. The fourth-order valence-corrected chi connectivity index (χ4v) is 4.67. The second-order valence-electron chi connectivity index (χ2n) is 5.96. The van der Waals surface area contributed by atoms with E-state index in [4.69, 9.17) is 5.11 Å². The maximum absolute atomic E-state index is 8.95. The van der Waals surface area contributed by atoms with Crippen LogP contribution < -0.4 is 0 Å². The third kappa shape index (κ3) is 1.41. The number of aliphatic hydroxyl groups excluding tert-OH is 1. The van der Waals surface area contributed by atoms with Gasteiger partial charge in [0, 0.05) is 6.61 Å². The second kappa shape index (κ2) is 3.23. The zero-order valence-electron chi connectivity index (χ0n) is 8.91. The van der Waals surface area contributed by atoms with Gasteiger partial charge in [-0.3, -0.25) is 0 Å². The Morgan fingerprint density at radius 1 is 1.14 bits per heavy atom. The molecule has 0 heterocycles. The summed E-state index contributed by atoms with van der Waals surface area (Å²) in [7, 11) is 0. The number of rotatable bonds is 3. The molecular weight excluding hydrogens is 172 g/mol. The van der Waals surface area contributed by atoms with Crippen molar-refractivity contribution >= 4 is 0 Å². The van der Waals surface area contributed by atoms with E-state index in [0.29, 0.717) is 12.0 Å². The third-order valence-corrected chi connectivity index (χ3v) is 4.75. The molecule has 4 saturated carbocycles. The van der Waals surface area contributed by atoms with Crippen molar-refractivity contribution in [3.8, 4) is 0 Å². The zero-order valence-corrected chi connectivity index (χ0v) is 8.91. The van der Waals surface area contributed by atoms with E-state index in [2.05, 4.69) is 6.42 Å². The predicted octanol–water partition coefficient (Wildman–Crippen LogP) is 2.79. The van der Waals surface area contributed by atoms with Crippen molar-refractivity contribution in [3.05, 3.63) is 6.42 Å². The molecule has 0 amide bonds. The normalized spacial score (nSPS) is 49.9. The molecule has 4 aliphatic carbocycles. The molecule has 0 aromatic carbocycles. The Bertz CT molecular complexity index is 186. The van der Waals surface area contributed by atoms with Crippen LogP contribution >= 0.6 is 0 Å². The van der Waals surface area contributed by atoms with Gasteiger partial charge in [0.15, 0.2) is 0 Å². The van der Waals surface area contributed by atoms with Crippen molar-refractivity contribution in [2.75, 3.05) is 6.61 Å². The van der Waals surface area contributed by atoms with Gasteiger partial charge in [0.05, 0.1) is 0 Å². The average molecular weight is 193 g/mol.